The Kier molecular flexibility index (Phi) is 8.43. The molecule has 4 saturated carbocycles. The number of aromatic nitrogens is 2. The van der Waals surface area contributed by atoms with Gasteiger partial charge in [0.25, 0.3) is 0 Å². The number of H-pyrrole nitrogens is 1. The number of hydrogen-bond donors (Lipinski definition) is 2. The number of benzene rings is 1. The van der Waals surface area contributed by atoms with Crippen molar-refractivity contribution in [3.05, 3.63) is 53.5 Å². The van der Waals surface area contributed by atoms with Crippen LogP contribution in [0.3, 0.4) is 0 Å². The number of nitrogens with one attached hydrogen (secondary N) is 2. The van der Waals surface area contributed by atoms with Crippen molar-refractivity contribution in [2.45, 2.75) is 139 Å². The molecule has 0 aliphatic heterocycles. The summed E-state index contributed by atoms with van der Waals surface area (Å²) in [6.07, 6.45) is 9.98. The molecule has 280 valence electrons. The van der Waals surface area contributed by atoms with Crippen LogP contribution in [0.2, 0.25) is 0 Å². The topological polar surface area (TPSA) is 101 Å². The number of amides is 1. The van der Waals surface area contributed by atoms with Crippen molar-refractivity contribution in [1.82, 2.24) is 15.3 Å². The minimum absolute atomic E-state index is 0. The highest BCUT2D eigenvalue weighted by Crippen LogP contribution is 2.76. The van der Waals surface area contributed by atoms with Crippen LogP contribution in [0.25, 0.3) is 11.3 Å². The SMILES string of the molecule is CC(=O)O[C@H]1CC[C@]2(C)[C@H]3CC[C@@H]4C5=C(C(C)C)C(=O)C[C@]5(C(=O)NC(C)(C)c5ncc(-c6ccccc6)[nH]5)CC[C@@]4(C)[C@]3(C)CC[C@H]2C1(C)C.[HH].[HH]. The zero-order valence-corrected chi connectivity index (χ0v) is 32.8. The van der Waals surface area contributed by atoms with E-state index in [0.717, 1.165) is 61.8 Å². The van der Waals surface area contributed by atoms with Gasteiger partial charge < -0.3 is 15.0 Å². The van der Waals surface area contributed by atoms with Gasteiger partial charge in [0.15, 0.2) is 5.78 Å². The molecule has 51 heavy (non-hydrogen) atoms. The third kappa shape index (κ3) is 5.16. The lowest BCUT2D eigenvalue weighted by atomic mass is 9.33. The van der Waals surface area contributed by atoms with Crippen molar-refractivity contribution < 1.29 is 22.0 Å². The largest absolute Gasteiger partial charge is 0.462 e. The monoisotopic (exact) mass is 699 g/mol. The Hall–Kier alpha value is -3.22. The van der Waals surface area contributed by atoms with Crippen molar-refractivity contribution in [3.8, 4) is 11.3 Å². The lowest BCUT2D eigenvalue weighted by Gasteiger charge is -2.72. The van der Waals surface area contributed by atoms with E-state index in [0.29, 0.717) is 24.1 Å². The van der Waals surface area contributed by atoms with Crippen LogP contribution in [0.5, 0.6) is 0 Å². The molecule has 1 amide bonds. The molecular formula is C44H65N3O4. The van der Waals surface area contributed by atoms with E-state index in [2.05, 4.69) is 58.8 Å². The normalized spacial score (nSPS) is 37.3. The zero-order valence-electron chi connectivity index (χ0n) is 32.8. The van der Waals surface area contributed by atoms with Crippen LogP contribution in [-0.4, -0.2) is 33.7 Å². The number of ether oxygens (including phenoxy) is 1. The number of hydrogen-bond acceptors (Lipinski definition) is 5. The third-order valence-corrected chi connectivity index (χ3v) is 15.8. The molecule has 0 bridgehead atoms. The summed E-state index contributed by atoms with van der Waals surface area (Å²) in [5.41, 5.74) is 2.53. The summed E-state index contributed by atoms with van der Waals surface area (Å²) in [4.78, 5) is 49.4. The molecule has 7 nitrogen and oxygen atoms in total. The minimum atomic E-state index is -0.832. The molecule has 1 aromatic carbocycles. The molecule has 0 radical (unpaired) electrons. The second-order valence-corrected chi connectivity index (χ2v) is 19.3. The molecular weight excluding hydrogens is 635 g/mol. The van der Waals surface area contributed by atoms with E-state index in [1.165, 1.54) is 5.57 Å². The standard InChI is InChI=1S/C44H61N3O4.2H2/c1-26(2)35-31(49)24-44(38(50)47-40(6,7)37-45-25-30(46-37)28-14-12-11-13-15-28)23-22-42(9)29(36(35)44)16-17-33-41(8)20-19-34(51-27(3)48)39(4,5)32(41)18-21-43(33,42)10;;/h11-15,25-26,29,32-34H,16-24H2,1-10H3,(H,45,46)(H,47,50);2*1H/t29-,32+,33-,34+,41+,42-,43-,44-;;/m1../s1. The molecule has 5 aliphatic rings. The van der Waals surface area contributed by atoms with Crippen molar-refractivity contribution in [2.75, 3.05) is 0 Å². The third-order valence-electron chi connectivity index (χ3n) is 15.8. The fraction of sp³-hybridized carbons (Fsp3) is 0.682. The zero-order chi connectivity index (χ0) is 36.9. The summed E-state index contributed by atoms with van der Waals surface area (Å²) >= 11 is 0. The molecule has 8 atom stereocenters. The van der Waals surface area contributed by atoms with E-state index in [1.54, 1.807) is 6.92 Å². The molecule has 0 spiro atoms. The Morgan fingerprint density at radius 3 is 2.31 bits per heavy atom. The van der Waals surface area contributed by atoms with Crippen LogP contribution < -0.4 is 5.32 Å². The van der Waals surface area contributed by atoms with E-state index in [9.17, 15) is 14.4 Å². The summed E-state index contributed by atoms with van der Waals surface area (Å²) in [5, 5.41) is 3.44. The van der Waals surface area contributed by atoms with Gasteiger partial charge >= 0.3 is 5.97 Å². The maximum absolute atomic E-state index is 15.0. The molecule has 1 heterocycles. The van der Waals surface area contributed by atoms with Gasteiger partial charge in [0.2, 0.25) is 5.91 Å². The van der Waals surface area contributed by atoms with Crippen LogP contribution in [0.1, 0.15) is 136 Å². The van der Waals surface area contributed by atoms with Crippen molar-refractivity contribution in [1.29, 1.82) is 0 Å². The minimum Gasteiger partial charge on any atom is -0.462 e. The summed E-state index contributed by atoms with van der Waals surface area (Å²) in [7, 11) is 0. The molecule has 7 rings (SSSR count). The predicted molar refractivity (Wildman–Crippen MR) is 204 cm³/mol. The van der Waals surface area contributed by atoms with Gasteiger partial charge in [-0.1, -0.05) is 78.8 Å². The second kappa shape index (κ2) is 11.9. The van der Waals surface area contributed by atoms with Crippen molar-refractivity contribution in [2.24, 2.45) is 50.7 Å². The molecule has 7 heteroatoms. The van der Waals surface area contributed by atoms with Gasteiger partial charge in [-0.15, -0.1) is 0 Å². The van der Waals surface area contributed by atoms with E-state index in [1.807, 2.05) is 50.4 Å². The van der Waals surface area contributed by atoms with Crippen LogP contribution >= 0.6 is 0 Å². The number of carbonyl (C=O) groups excluding carboxylic acids is 3. The van der Waals surface area contributed by atoms with Gasteiger partial charge in [-0.3, -0.25) is 14.4 Å². The quantitative estimate of drug-likeness (QED) is 0.293. The van der Waals surface area contributed by atoms with Gasteiger partial charge in [-0.25, -0.2) is 4.98 Å². The number of rotatable bonds is 6. The smallest absolute Gasteiger partial charge is 0.302 e. The van der Waals surface area contributed by atoms with E-state index >= 15 is 0 Å². The van der Waals surface area contributed by atoms with Gasteiger partial charge in [-0.05, 0) is 122 Å². The lowest BCUT2D eigenvalue weighted by molar-refractivity contribution is -0.232. The Morgan fingerprint density at radius 1 is 0.941 bits per heavy atom. The number of imidazole rings is 1. The molecule has 5 aliphatic carbocycles. The van der Waals surface area contributed by atoms with Crippen LogP contribution in [-0.2, 0) is 24.7 Å². The molecule has 0 unspecified atom stereocenters. The fourth-order valence-corrected chi connectivity index (χ4v) is 13.1. The fourth-order valence-electron chi connectivity index (χ4n) is 13.1. The van der Waals surface area contributed by atoms with Crippen LogP contribution in [0, 0.1) is 50.7 Å². The number of fused-ring (bicyclic) bond motifs is 7. The average Bonchev–Trinajstić information content (AvgIpc) is 3.67. The van der Waals surface area contributed by atoms with Crippen LogP contribution in [0.4, 0.5) is 0 Å². The summed E-state index contributed by atoms with van der Waals surface area (Å²) in [6, 6.07) is 10.1. The van der Waals surface area contributed by atoms with E-state index in [4.69, 9.17) is 9.72 Å². The first-order valence-electron chi connectivity index (χ1n) is 19.7. The number of ketones is 1. The molecule has 2 N–H and O–H groups in total. The highest BCUT2D eigenvalue weighted by Gasteiger charge is 2.71. The van der Waals surface area contributed by atoms with Crippen molar-refractivity contribution >= 4 is 17.7 Å². The highest BCUT2D eigenvalue weighted by atomic mass is 16.5. The molecule has 1 aromatic heterocycles. The molecule has 2 aromatic rings. The number of Topliss-reactive ketones (excluding diaryl/α,β-unsaturated/α-hetero) is 1. The lowest BCUT2D eigenvalue weighted by Crippen LogP contribution is -2.66. The first kappa shape index (κ1) is 36.2. The van der Waals surface area contributed by atoms with Gasteiger partial charge in [0.1, 0.15) is 11.9 Å². The van der Waals surface area contributed by atoms with E-state index < -0.39 is 11.0 Å². The predicted octanol–water partition coefficient (Wildman–Crippen LogP) is 9.83. The average molecular weight is 700 g/mol. The second-order valence-electron chi connectivity index (χ2n) is 19.3. The number of allylic oxidation sites excluding steroid dienone is 1. The molecule has 4 fully saturated rings. The Labute approximate surface area is 308 Å². The number of nitrogens with zero attached hydrogens (tertiary/aromatic N) is 1. The highest BCUT2D eigenvalue weighted by molar-refractivity contribution is 6.07. The summed E-state index contributed by atoms with van der Waals surface area (Å²) in [6.45, 7) is 22.2. The Bertz CT molecular complexity index is 1780. The maximum atomic E-state index is 15.0. The maximum Gasteiger partial charge on any atom is 0.302 e. The van der Waals surface area contributed by atoms with Gasteiger partial charge in [0, 0.05) is 21.6 Å². The van der Waals surface area contributed by atoms with Crippen LogP contribution in [0.15, 0.2) is 47.7 Å². The Morgan fingerprint density at radius 2 is 1.65 bits per heavy atom. The number of esters is 1. The Balaban J connectivity index is 0.00000271. The number of aromatic amines is 1. The summed E-state index contributed by atoms with van der Waals surface area (Å²) < 4.78 is 5.96. The van der Waals surface area contributed by atoms with Gasteiger partial charge in [0.05, 0.1) is 22.8 Å². The first-order chi connectivity index (χ1) is 23.8. The first-order valence-corrected chi connectivity index (χ1v) is 19.7. The van der Waals surface area contributed by atoms with E-state index in [-0.39, 0.29) is 66.5 Å². The van der Waals surface area contributed by atoms with Crippen molar-refractivity contribution in [3.63, 3.8) is 0 Å². The number of carbonyl (C=O) groups is 3. The molecule has 0 saturated heterocycles. The van der Waals surface area contributed by atoms with Gasteiger partial charge in [-0.2, -0.15) is 0 Å². The summed E-state index contributed by atoms with van der Waals surface area (Å²) in [5.74, 6) is 1.91.